The number of terminal acetylenes is 1. The lowest BCUT2D eigenvalue weighted by atomic mass is 10.3. The van der Waals surface area contributed by atoms with Crippen LogP contribution in [0.1, 0.15) is 5.56 Å². The van der Waals surface area contributed by atoms with Gasteiger partial charge < -0.3 is 0 Å². The first-order valence-corrected chi connectivity index (χ1v) is 3.21. The van der Waals surface area contributed by atoms with E-state index in [1.165, 1.54) is 0 Å². The molecule has 0 fully saturated rings. The first-order chi connectivity index (χ1) is 4.34. The first-order valence-electron chi connectivity index (χ1n) is 2.41. The standard InChI is InChI=1S/C7H4BrN/c1-2-6-4-3-5-9-7(6)8/h1,3-5H. The first kappa shape index (κ1) is 6.31. The van der Waals surface area contributed by atoms with Gasteiger partial charge in [0.2, 0.25) is 0 Å². The lowest BCUT2D eigenvalue weighted by molar-refractivity contribution is 1.26. The highest BCUT2D eigenvalue weighted by molar-refractivity contribution is 9.10. The Hall–Kier alpha value is -0.810. The van der Waals surface area contributed by atoms with Crippen molar-refractivity contribution in [2.45, 2.75) is 0 Å². The molecule has 0 N–H and O–H groups in total. The summed E-state index contributed by atoms with van der Waals surface area (Å²) in [4.78, 5) is 3.92. The molecule has 0 aliphatic heterocycles. The summed E-state index contributed by atoms with van der Waals surface area (Å²) >= 11 is 3.20. The van der Waals surface area contributed by atoms with Crippen LogP contribution in [-0.4, -0.2) is 4.98 Å². The third-order valence-electron chi connectivity index (χ3n) is 0.915. The van der Waals surface area contributed by atoms with Gasteiger partial charge in [0.25, 0.3) is 0 Å². The Kier molecular flexibility index (Phi) is 1.86. The number of nitrogens with zero attached hydrogens (tertiary/aromatic N) is 1. The van der Waals surface area contributed by atoms with Gasteiger partial charge in [-0.1, -0.05) is 5.92 Å². The van der Waals surface area contributed by atoms with Crippen molar-refractivity contribution in [2.75, 3.05) is 0 Å². The molecule has 44 valence electrons. The van der Waals surface area contributed by atoms with Crippen LogP contribution < -0.4 is 0 Å². The van der Waals surface area contributed by atoms with E-state index in [0.29, 0.717) is 0 Å². The Labute approximate surface area is 62.2 Å². The maximum Gasteiger partial charge on any atom is 0.121 e. The molecule has 0 aromatic carbocycles. The topological polar surface area (TPSA) is 12.9 Å². The smallest absolute Gasteiger partial charge is 0.121 e. The second kappa shape index (κ2) is 2.65. The summed E-state index contributed by atoms with van der Waals surface area (Å²) in [6, 6.07) is 3.64. The van der Waals surface area contributed by atoms with Gasteiger partial charge in [-0.25, -0.2) is 4.98 Å². The van der Waals surface area contributed by atoms with Crippen molar-refractivity contribution in [3.63, 3.8) is 0 Å². The average molecular weight is 182 g/mol. The lowest BCUT2D eigenvalue weighted by Gasteiger charge is -1.89. The summed E-state index contributed by atoms with van der Waals surface area (Å²) in [5.41, 5.74) is 0.789. The molecule has 1 aromatic heterocycles. The Morgan fingerprint density at radius 3 is 2.89 bits per heavy atom. The largest absolute Gasteiger partial charge is 0.248 e. The third-order valence-corrected chi connectivity index (χ3v) is 1.55. The molecule has 0 saturated heterocycles. The van der Waals surface area contributed by atoms with Gasteiger partial charge >= 0.3 is 0 Å². The normalized spacial score (nSPS) is 8.44. The fraction of sp³-hybridized carbons (Fsp3) is 0. The number of aromatic nitrogens is 1. The molecule has 1 nitrogen and oxygen atoms in total. The molecule has 0 atom stereocenters. The summed E-state index contributed by atoms with van der Waals surface area (Å²) in [5, 5.41) is 0. The molecular weight excluding hydrogens is 178 g/mol. The second-order valence-electron chi connectivity index (χ2n) is 1.49. The van der Waals surface area contributed by atoms with Crippen LogP contribution in [0.4, 0.5) is 0 Å². The van der Waals surface area contributed by atoms with Crippen molar-refractivity contribution in [3.05, 3.63) is 28.5 Å². The Balaban J connectivity index is 3.20. The van der Waals surface area contributed by atoms with Crippen LogP contribution in [0.5, 0.6) is 0 Å². The molecule has 0 unspecified atom stereocenters. The maximum atomic E-state index is 5.13. The van der Waals surface area contributed by atoms with Gasteiger partial charge in [-0.15, -0.1) is 6.42 Å². The van der Waals surface area contributed by atoms with E-state index < -0.39 is 0 Å². The van der Waals surface area contributed by atoms with E-state index in [1.54, 1.807) is 12.3 Å². The number of rotatable bonds is 0. The highest BCUT2D eigenvalue weighted by Gasteiger charge is 1.91. The van der Waals surface area contributed by atoms with E-state index in [4.69, 9.17) is 6.42 Å². The minimum Gasteiger partial charge on any atom is -0.248 e. The maximum absolute atomic E-state index is 5.13. The Bertz CT molecular complexity index is 249. The molecule has 0 saturated carbocycles. The summed E-state index contributed by atoms with van der Waals surface area (Å²) in [6.45, 7) is 0. The molecule has 1 heterocycles. The van der Waals surface area contributed by atoms with E-state index in [0.717, 1.165) is 10.2 Å². The van der Waals surface area contributed by atoms with Crippen molar-refractivity contribution >= 4 is 15.9 Å². The van der Waals surface area contributed by atoms with Crippen LogP contribution in [0.2, 0.25) is 0 Å². The van der Waals surface area contributed by atoms with Crippen molar-refractivity contribution in [2.24, 2.45) is 0 Å². The van der Waals surface area contributed by atoms with Crippen LogP contribution in [-0.2, 0) is 0 Å². The van der Waals surface area contributed by atoms with Gasteiger partial charge in [0, 0.05) is 6.20 Å². The van der Waals surface area contributed by atoms with E-state index >= 15 is 0 Å². The summed E-state index contributed by atoms with van der Waals surface area (Å²) in [5.74, 6) is 2.49. The van der Waals surface area contributed by atoms with E-state index in [-0.39, 0.29) is 0 Å². The zero-order chi connectivity index (χ0) is 6.69. The quantitative estimate of drug-likeness (QED) is 0.440. The summed E-state index contributed by atoms with van der Waals surface area (Å²) < 4.78 is 0.729. The number of hydrogen-bond acceptors (Lipinski definition) is 1. The van der Waals surface area contributed by atoms with Crippen molar-refractivity contribution in [1.82, 2.24) is 4.98 Å². The van der Waals surface area contributed by atoms with Gasteiger partial charge in [0.05, 0.1) is 5.56 Å². The van der Waals surface area contributed by atoms with E-state index in [1.807, 2.05) is 6.07 Å². The predicted molar refractivity (Wildman–Crippen MR) is 39.9 cm³/mol. The Morgan fingerprint density at radius 1 is 1.67 bits per heavy atom. The Morgan fingerprint density at radius 2 is 2.44 bits per heavy atom. The van der Waals surface area contributed by atoms with Gasteiger partial charge in [-0.3, -0.25) is 0 Å². The predicted octanol–water partition coefficient (Wildman–Crippen LogP) is 1.83. The summed E-state index contributed by atoms with van der Waals surface area (Å²) in [6.07, 6.45) is 6.82. The molecule has 0 amide bonds. The van der Waals surface area contributed by atoms with Crippen LogP contribution in [0, 0.1) is 12.3 Å². The molecule has 2 heteroatoms. The van der Waals surface area contributed by atoms with Crippen LogP contribution in [0.3, 0.4) is 0 Å². The monoisotopic (exact) mass is 181 g/mol. The average Bonchev–Trinajstić information content (AvgIpc) is 1.89. The third kappa shape index (κ3) is 1.30. The summed E-state index contributed by atoms with van der Waals surface area (Å²) in [7, 11) is 0. The van der Waals surface area contributed by atoms with Crippen LogP contribution in [0.15, 0.2) is 22.9 Å². The molecule has 0 aliphatic rings. The molecule has 0 spiro atoms. The molecule has 0 bridgehead atoms. The van der Waals surface area contributed by atoms with Gasteiger partial charge in [-0.05, 0) is 28.1 Å². The second-order valence-corrected chi connectivity index (χ2v) is 2.24. The van der Waals surface area contributed by atoms with Crippen molar-refractivity contribution in [3.8, 4) is 12.3 Å². The zero-order valence-corrected chi connectivity index (χ0v) is 6.22. The van der Waals surface area contributed by atoms with E-state index in [2.05, 4.69) is 26.8 Å². The van der Waals surface area contributed by atoms with Crippen LogP contribution in [0.25, 0.3) is 0 Å². The number of halogens is 1. The van der Waals surface area contributed by atoms with Crippen molar-refractivity contribution < 1.29 is 0 Å². The minimum atomic E-state index is 0.729. The zero-order valence-electron chi connectivity index (χ0n) is 4.63. The number of pyridine rings is 1. The number of hydrogen-bond donors (Lipinski definition) is 0. The van der Waals surface area contributed by atoms with E-state index in [9.17, 15) is 0 Å². The van der Waals surface area contributed by atoms with Gasteiger partial charge in [-0.2, -0.15) is 0 Å². The molecule has 1 rings (SSSR count). The van der Waals surface area contributed by atoms with Gasteiger partial charge in [0.15, 0.2) is 0 Å². The minimum absolute atomic E-state index is 0.729. The van der Waals surface area contributed by atoms with Crippen molar-refractivity contribution in [1.29, 1.82) is 0 Å². The molecule has 0 aliphatic carbocycles. The SMILES string of the molecule is C#Cc1cccnc1Br. The fourth-order valence-corrected chi connectivity index (χ4v) is 0.859. The molecule has 9 heavy (non-hydrogen) atoms. The molecule has 0 radical (unpaired) electrons. The molecule has 1 aromatic rings. The lowest BCUT2D eigenvalue weighted by Crippen LogP contribution is -1.78. The highest BCUT2D eigenvalue weighted by Crippen LogP contribution is 2.09. The molecular formula is C7H4BrN. The van der Waals surface area contributed by atoms with Gasteiger partial charge in [0.1, 0.15) is 4.60 Å². The van der Waals surface area contributed by atoms with Crippen LogP contribution >= 0.6 is 15.9 Å². The highest BCUT2D eigenvalue weighted by atomic mass is 79.9. The fourth-order valence-electron chi connectivity index (χ4n) is 0.494.